The lowest BCUT2D eigenvalue weighted by atomic mass is 10.2. The fourth-order valence-corrected chi connectivity index (χ4v) is 3.74. The van der Waals surface area contributed by atoms with Gasteiger partial charge in [-0.1, -0.05) is 17.3 Å². The average Bonchev–Trinajstić information content (AvgIpc) is 2.88. The highest BCUT2D eigenvalue weighted by Crippen LogP contribution is 2.27. The molecule has 2 heterocycles. The predicted molar refractivity (Wildman–Crippen MR) is 95.3 cm³/mol. The lowest BCUT2D eigenvalue weighted by Gasteiger charge is -2.21. The molecule has 0 aliphatic carbocycles. The van der Waals surface area contributed by atoms with Crippen LogP contribution in [0.4, 0.5) is 0 Å². The molecular weight excluding hydrogens is 322 g/mol. The van der Waals surface area contributed by atoms with Crippen LogP contribution < -0.4 is 0 Å². The number of likely N-dealkylation sites (N-methyl/N-ethyl adjacent to an activating group) is 1. The van der Waals surface area contributed by atoms with Crippen molar-refractivity contribution in [2.75, 3.05) is 33.2 Å². The second kappa shape index (κ2) is 7.85. The molecule has 24 heavy (non-hydrogen) atoms. The number of carbonyl (C=O) groups excluding carboxylic acids is 1. The predicted octanol–water partition coefficient (Wildman–Crippen LogP) is 3.05. The van der Waals surface area contributed by atoms with Gasteiger partial charge < -0.3 is 14.3 Å². The van der Waals surface area contributed by atoms with Crippen LogP contribution in [0.2, 0.25) is 0 Å². The minimum Gasteiger partial charge on any atom is -0.360 e. The Hall–Kier alpha value is -1.79. The van der Waals surface area contributed by atoms with Crippen LogP contribution in [0.1, 0.15) is 28.2 Å². The summed E-state index contributed by atoms with van der Waals surface area (Å²) in [4.78, 5) is 18.2. The molecule has 1 saturated heterocycles. The van der Waals surface area contributed by atoms with Gasteiger partial charge in [-0.3, -0.25) is 4.79 Å². The van der Waals surface area contributed by atoms with Gasteiger partial charge in [0.1, 0.15) is 5.76 Å². The molecule has 0 atom stereocenters. The summed E-state index contributed by atoms with van der Waals surface area (Å²) in [6.07, 6.45) is 1.02. The van der Waals surface area contributed by atoms with Gasteiger partial charge in [0.15, 0.2) is 0 Å². The van der Waals surface area contributed by atoms with E-state index in [1.54, 1.807) is 11.8 Å². The van der Waals surface area contributed by atoms with Crippen molar-refractivity contribution in [1.29, 1.82) is 0 Å². The zero-order chi connectivity index (χ0) is 16.9. The fraction of sp³-hybridized carbons (Fsp3) is 0.444. The molecule has 128 valence electrons. The van der Waals surface area contributed by atoms with Crippen molar-refractivity contribution in [3.63, 3.8) is 0 Å². The van der Waals surface area contributed by atoms with Crippen LogP contribution >= 0.6 is 11.8 Å². The lowest BCUT2D eigenvalue weighted by molar-refractivity contribution is 0.0759. The summed E-state index contributed by atoms with van der Waals surface area (Å²) in [5, 5.41) is 3.91. The summed E-state index contributed by atoms with van der Waals surface area (Å²) in [6, 6.07) is 9.76. The lowest BCUT2D eigenvalue weighted by Crippen LogP contribution is -2.34. The third kappa shape index (κ3) is 4.19. The van der Waals surface area contributed by atoms with E-state index in [0.29, 0.717) is 5.75 Å². The molecule has 5 nitrogen and oxygen atoms in total. The Labute approximate surface area is 147 Å². The minimum atomic E-state index is 0.127. The van der Waals surface area contributed by atoms with Crippen molar-refractivity contribution in [2.24, 2.45) is 0 Å². The maximum Gasteiger partial charge on any atom is 0.255 e. The highest BCUT2D eigenvalue weighted by atomic mass is 32.2. The first-order chi connectivity index (χ1) is 11.6. The van der Waals surface area contributed by atoms with E-state index in [1.807, 2.05) is 42.2 Å². The van der Waals surface area contributed by atoms with Crippen molar-refractivity contribution in [3.05, 3.63) is 47.3 Å². The molecule has 1 amide bonds. The number of hydrogen-bond donors (Lipinski definition) is 0. The third-order valence-electron chi connectivity index (χ3n) is 4.17. The number of hydrogen-bond acceptors (Lipinski definition) is 5. The van der Waals surface area contributed by atoms with Gasteiger partial charge in [-0.05, 0) is 39.1 Å². The van der Waals surface area contributed by atoms with E-state index in [2.05, 4.69) is 17.1 Å². The first-order valence-electron chi connectivity index (χ1n) is 8.25. The molecule has 0 unspecified atom stereocenters. The Bertz CT molecular complexity index is 701. The summed E-state index contributed by atoms with van der Waals surface area (Å²) >= 11 is 1.62. The van der Waals surface area contributed by atoms with E-state index in [1.165, 1.54) is 0 Å². The number of amides is 1. The van der Waals surface area contributed by atoms with Crippen LogP contribution in [0.25, 0.3) is 0 Å². The molecule has 0 N–H and O–H groups in total. The first kappa shape index (κ1) is 17.0. The molecular formula is C18H23N3O2S. The van der Waals surface area contributed by atoms with Crippen LogP contribution in [0, 0.1) is 6.92 Å². The van der Waals surface area contributed by atoms with E-state index in [0.717, 1.165) is 54.5 Å². The van der Waals surface area contributed by atoms with Crippen molar-refractivity contribution < 1.29 is 9.32 Å². The molecule has 6 heteroatoms. The van der Waals surface area contributed by atoms with Gasteiger partial charge in [0.25, 0.3) is 5.91 Å². The number of rotatable bonds is 4. The number of thioether (sulfide) groups is 1. The number of aryl methyl sites for hydroxylation is 1. The first-order valence-corrected chi connectivity index (χ1v) is 9.24. The topological polar surface area (TPSA) is 49.6 Å². The van der Waals surface area contributed by atoms with Crippen LogP contribution in [-0.2, 0) is 5.75 Å². The molecule has 0 spiro atoms. The maximum absolute atomic E-state index is 13.0. The van der Waals surface area contributed by atoms with Gasteiger partial charge in [0.05, 0.1) is 17.0 Å². The Morgan fingerprint density at radius 2 is 2.08 bits per heavy atom. The molecule has 2 aromatic rings. The molecule has 1 fully saturated rings. The normalized spacial score (nSPS) is 16.2. The monoisotopic (exact) mass is 345 g/mol. The van der Waals surface area contributed by atoms with Gasteiger partial charge in [0, 0.05) is 30.6 Å². The van der Waals surface area contributed by atoms with Gasteiger partial charge in [-0.2, -0.15) is 0 Å². The summed E-state index contributed by atoms with van der Waals surface area (Å²) in [5.74, 6) is 1.63. The molecule has 0 saturated carbocycles. The summed E-state index contributed by atoms with van der Waals surface area (Å²) < 4.78 is 5.26. The number of carbonyl (C=O) groups is 1. The van der Waals surface area contributed by atoms with E-state index >= 15 is 0 Å². The van der Waals surface area contributed by atoms with Gasteiger partial charge in [-0.25, -0.2) is 0 Å². The van der Waals surface area contributed by atoms with Crippen molar-refractivity contribution in [2.45, 2.75) is 24.0 Å². The molecule has 1 aromatic heterocycles. The van der Waals surface area contributed by atoms with Gasteiger partial charge in [-0.15, -0.1) is 11.8 Å². The number of nitrogens with zero attached hydrogens (tertiary/aromatic N) is 3. The Morgan fingerprint density at radius 1 is 1.25 bits per heavy atom. The Kier molecular flexibility index (Phi) is 5.58. The number of aromatic nitrogens is 1. The SMILES string of the molecule is Cc1cc(CSc2ccccc2C(=O)N2CCCN(C)CC2)on1. The summed E-state index contributed by atoms with van der Waals surface area (Å²) in [7, 11) is 2.11. The van der Waals surface area contributed by atoms with Crippen molar-refractivity contribution in [3.8, 4) is 0 Å². The van der Waals surface area contributed by atoms with Gasteiger partial charge >= 0.3 is 0 Å². The summed E-state index contributed by atoms with van der Waals surface area (Å²) in [5.41, 5.74) is 1.66. The highest BCUT2D eigenvalue weighted by Gasteiger charge is 2.21. The van der Waals surface area contributed by atoms with Crippen LogP contribution in [0.15, 0.2) is 39.8 Å². The average molecular weight is 345 g/mol. The van der Waals surface area contributed by atoms with Crippen molar-refractivity contribution in [1.82, 2.24) is 15.0 Å². The van der Waals surface area contributed by atoms with E-state index < -0.39 is 0 Å². The Balaban J connectivity index is 1.71. The van der Waals surface area contributed by atoms with E-state index in [-0.39, 0.29) is 5.91 Å². The number of benzene rings is 1. The highest BCUT2D eigenvalue weighted by molar-refractivity contribution is 7.98. The second-order valence-electron chi connectivity index (χ2n) is 6.17. The Morgan fingerprint density at radius 3 is 2.88 bits per heavy atom. The van der Waals surface area contributed by atoms with E-state index in [4.69, 9.17) is 4.52 Å². The summed E-state index contributed by atoms with van der Waals surface area (Å²) in [6.45, 7) is 5.49. The largest absolute Gasteiger partial charge is 0.360 e. The van der Waals surface area contributed by atoms with E-state index in [9.17, 15) is 4.79 Å². The maximum atomic E-state index is 13.0. The minimum absolute atomic E-state index is 0.127. The molecule has 1 aromatic carbocycles. The molecule has 3 rings (SSSR count). The zero-order valence-corrected chi connectivity index (χ0v) is 15.0. The molecule has 1 aliphatic rings. The smallest absolute Gasteiger partial charge is 0.255 e. The molecule has 1 aliphatic heterocycles. The van der Waals surface area contributed by atoms with Gasteiger partial charge in [0.2, 0.25) is 0 Å². The second-order valence-corrected chi connectivity index (χ2v) is 7.19. The molecule has 0 bridgehead atoms. The standard InChI is InChI=1S/C18H23N3O2S/c1-14-12-15(23-19-14)13-24-17-7-4-3-6-16(17)18(22)21-9-5-8-20(2)10-11-21/h3-4,6-7,12H,5,8-11,13H2,1-2H3. The third-order valence-corrected chi connectivity index (χ3v) is 5.27. The van der Waals surface area contributed by atoms with Crippen LogP contribution in [0.3, 0.4) is 0 Å². The fourth-order valence-electron chi connectivity index (χ4n) is 2.82. The van der Waals surface area contributed by atoms with Crippen molar-refractivity contribution >= 4 is 17.7 Å². The van der Waals surface area contributed by atoms with Crippen LogP contribution in [0.5, 0.6) is 0 Å². The zero-order valence-electron chi connectivity index (χ0n) is 14.2. The van der Waals surface area contributed by atoms with Crippen LogP contribution in [-0.4, -0.2) is 54.1 Å². The molecule has 0 radical (unpaired) electrons. The quantitative estimate of drug-likeness (QED) is 0.797.